The Morgan fingerprint density at radius 3 is 2.29 bits per heavy atom. The molecule has 34 heavy (non-hydrogen) atoms. The van der Waals surface area contributed by atoms with Crippen LogP contribution < -0.4 is 10.5 Å². The number of rotatable bonds is 4. The summed E-state index contributed by atoms with van der Waals surface area (Å²) in [6, 6.07) is 2.29. The first-order valence-electron chi connectivity index (χ1n) is 9.60. The van der Waals surface area contributed by atoms with Crippen LogP contribution in [0, 0.1) is 0 Å². The first-order valence-corrected chi connectivity index (χ1v) is 9.60. The molecule has 3 rings (SSSR count). The highest BCUT2D eigenvalue weighted by Gasteiger charge is 2.38. The Labute approximate surface area is 188 Å². The number of likely N-dealkylation sites (tertiary alicyclic amines) is 1. The Kier molecular flexibility index (Phi) is 8.73. The van der Waals surface area contributed by atoms with Gasteiger partial charge >= 0.3 is 18.3 Å². The summed E-state index contributed by atoms with van der Waals surface area (Å²) in [5.41, 5.74) is 5.05. The lowest BCUT2D eigenvalue weighted by molar-refractivity contribution is -0.192. The molecule has 9 nitrogen and oxygen atoms in total. The minimum Gasteiger partial charge on any atom is -0.475 e. The molecule has 2 aromatic rings. The Hall–Kier alpha value is -3.49. The number of carboxylic acid groups (broad SMARTS) is 1. The number of hydrogen-bond donors (Lipinski definition) is 2. The van der Waals surface area contributed by atoms with Gasteiger partial charge in [-0.15, -0.1) is 0 Å². The molecule has 1 atom stereocenters. The van der Waals surface area contributed by atoms with E-state index in [0.717, 1.165) is 6.07 Å². The van der Waals surface area contributed by atoms with Gasteiger partial charge in [0.2, 0.25) is 5.88 Å². The van der Waals surface area contributed by atoms with Crippen molar-refractivity contribution in [2.24, 2.45) is 5.73 Å². The van der Waals surface area contributed by atoms with Crippen LogP contribution in [0.25, 0.3) is 0 Å². The van der Waals surface area contributed by atoms with Gasteiger partial charge in [0, 0.05) is 31.5 Å². The average molecular weight is 495 g/mol. The fourth-order valence-electron chi connectivity index (χ4n) is 2.86. The molecule has 0 unspecified atom stereocenters. The SMILES string of the molecule is NCc1cc(O[C@H]2CCCN(C(=O)c3cncnc3)C2)nc(C(F)(F)F)c1.O=C(O)C(F)(F)F. The number of ether oxygens (including phenoxy) is 1. The molecular weight excluding hydrogens is 476 g/mol. The molecule has 1 saturated heterocycles. The van der Waals surface area contributed by atoms with E-state index in [9.17, 15) is 31.1 Å². The second-order valence-corrected chi connectivity index (χ2v) is 6.96. The topological polar surface area (TPSA) is 132 Å². The lowest BCUT2D eigenvalue weighted by atomic mass is 10.1. The number of piperidine rings is 1. The van der Waals surface area contributed by atoms with E-state index in [-0.39, 0.29) is 30.4 Å². The summed E-state index contributed by atoms with van der Waals surface area (Å²) in [5, 5.41) is 7.12. The highest BCUT2D eigenvalue weighted by atomic mass is 19.4. The van der Waals surface area contributed by atoms with Gasteiger partial charge in [-0.2, -0.15) is 26.3 Å². The van der Waals surface area contributed by atoms with Gasteiger partial charge in [-0.05, 0) is 24.5 Å². The van der Waals surface area contributed by atoms with Crippen LogP contribution in [0.3, 0.4) is 0 Å². The second-order valence-electron chi connectivity index (χ2n) is 6.96. The van der Waals surface area contributed by atoms with Crippen molar-refractivity contribution in [3.8, 4) is 5.88 Å². The zero-order valence-electron chi connectivity index (χ0n) is 17.3. The summed E-state index contributed by atoms with van der Waals surface area (Å²) in [5.74, 6) is -3.15. The predicted octanol–water partition coefficient (Wildman–Crippen LogP) is 2.67. The Morgan fingerprint density at radius 2 is 1.76 bits per heavy atom. The number of nitrogens with zero attached hydrogens (tertiary/aromatic N) is 4. The van der Waals surface area contributed by atoms with Crippen LogP contribution in [0.5, 0.6) is 5.88 Å². The largest absolute Gasteiger partial charge is 0.490 e. The van der Waals surface area contributed by atoms with Gasteiger partial charge in [0.05, 0.1) is 12.1 Å². The standard InChI is InChI=1S/C17H18F3N5O2.C2HF3O2/c18-17(19,20)14-4-11(6-21)5-15(24-14)27-13-2-1-3-25(9-13)16(26)12-7-22-10-23-8-12;3-2(4,5)1(6)7/h4-5,7-8,10,13H,1-3,6,9,21H2;(H,6,7)/t13-;/m0./s1. The lowest BCUT2D eigenvalue weighted by Gasteiger charge is -2.32. The predicted molar refractivity (Wildman–Crippen MR) is 102 cm³/mol. The van der Waals surface area contributed by atoms with Crippen molar-refractivity contribution in [3.05, 3.63) is 47.7 Å². The number of alkyl halides is 6. The molecule has 0 saturated carbocycles. The van der Waals surface area contributed by atoms with Gasteiger partial charge in [-0.3, -0.25) is 4.79 Å². The number of carbonyl (C=O) groups excluding carboxylic acids is 1. The van der Waals surface area contributed by atoms with E-state index in [4.69, 9.17) is 20.4 Å². The number of nitrogens with two attached hydrogens (primary N) is 1. The van der Waals surface area contributed by atoms with Gasteiger partial charge in [-0.25, -0.2) is 19.7 Å². The average Bonchev–Trinajstić information content (AvgIpc) is 2.78. The molecule has 15 heteroatoms. The van der Waals surface area contributed by atoms with Crippen molar-refractivity contribution < 1.29 is 45.8 Å². The molecule has 0 aromatic carbocycles. The summed E-state index contributed by atoms with van der Waals surface area (Å²) in [7, 11) is 0. The molecule has 0 spiro atoms. The maximum absolute atomic E-state index is 13.0. The number of aromatic nitrogens is 3. The monoisotopic (exact) mass is 495 g/mol. The Morgan fingerprint density at radius 1 is 1.15 bits per heavy atom. The number of halogens is 6. The number of carboxylic acids is 1. The van der Waals surface area contributed by atoms with E-state index in [0.29, 0.717) is 24.9 Å². The van der Waals surface area contributed by atoms with Crippen molar-refractivity contribution in [2.75, 3.05) is 13.1 Å². The van der Waals surface area contributed by atoms with Crippen LogP contribution in [0.2, 0.25) is 0 Å². The van der Waals surface area contributed by atoms with Crippen LogP contribution >= 0.6 is 0 Å². The fourth-order valence-corrected chi connectivity index (χ4v) is 2.86. The molecule has 1 aliphatic heterocycles. The minimum atomic E-state index is -5.08. The van der Waals surface area contributed by atoms with E-state index in [1.807, 2.05) is 0 Å². The zero-order valence-corrected chi connectivity index (χ0v) is 17.3. The van der Waals surface area contributed by atoms with Crippen molar-refractivity contribution in [2.45, 2.75) is 37.8 Å². The summed E-state index contributed by atoms with van der Waals surface area (Å²) < 4.78 is 76.4. The van der Waals surface area contributed by atoms with Gasteiger partial charge in [0.25, 0.3) is 5.91 Å². The molecule has 1 aliphatic rings. The molecule has 2 aromatic heterocycles. The summed E-state index contributed by atoms with van der Waals surface area (Å²) in [6.45, 7) is 0.701. The first kappa shape index (κ1) is 26.8. The van der Waals surface area contributed by atoms with Crippen LogP contribution in [0.4, 0.5) is 26.3 Å². The van der Waals surface area contributed by atoms with E-state index in [2.05, 4.69) is 15.0 Å². The van der Waals surface area contributed by atoms with Crippen molar-refractivity contribution >= 4 is 11.9 Å². The molecule has 1 amide bonds. The van der Waals surface area contributed by atoms with Crippen LogP contribution in [-0.2, 0) is 17.5 Å². The lowest BCUT2D eigenvalue weighted by Crippen LogP contribution is -2.44. The third kappa shape index (κ3) is 7.83. The fraction of sp³-hybridized carbons (Fsp3) is 0.421. The highest BCUT2D eigenvalue weighted by molar-refractivity contribution is 5.93. The third-order valence-corrected chi connectivity index (χ3v) is 4.39. The van der Waals surface area contributed by atoms with Crippen molar-refractivity contribution in [3.63, 3.8) is 0 Å². The third-order valence-electron chi connectivity index (χ3n) is 4.39. The Balaban J connectivity index is 0.000000509. The second kappa shape index (κ2) is 11.1. The molecule has 3 heterocycles. The minimum absolute atomic E-state index is 0.0642. The van der Waals surface area contributed by atoms with E-state index in [1.54, 1.807) is 4.90 Å². The summed E-state index contributed by atoms with van der Waals surface area (Å²) >= 11 is 0. The van der Waals surface area contributed by atoms with Gasteiger partial charge in [0.15, 0.2) is 0 Å². The van der Waals surface area contributed by atoms with Crippen molar-refractivity contribution in [1.82, 2.24) is 19.9 Å². The number of amides is 1. The first-order chi connectivity index (χ1) is 15.8. The van der Waals surface area contributed by atoms with Gasteiger partial charge < -0.3 is 20.5 Å². The van der Waals surface area contributed by atoms with Crippen LogP contribution in [-0.4, -0.2) is 62.2 Å². The van der Waals surface area contributed by atoms with Crippen LogP contribution in [0.15, 0.2) is 30.9 Å². The molecular formula is C19H19F6N5O4. The number of pyridine rings is 1. The summed E-state index contributed by atoms with van der Waals surface area (Å²) in [6.07, 6.45) is -4.71. The molecule has 0 radical (unpaired) electrons. The Bertz CT molecular complexity index is 987. The normalized spacial score (nSPS) is 16.3. The molecule has 186 valence electrons. The number of carbonyl (C=O) groups is 2. The zero-order chi connectivity index (χ0) is 25.5. The van der Waals surface area contributed by atoms with Gasteiger partial charge in [-0.1, -0.05) is 0 Å². The molecule has 0 bridgehead atoms. The number of hydrogen-bond acceptors (Lipinski definition) is 7. The van der Waals surface area contributed by atoms with E-state index >= 15 is 0 Å². The van der Waals surface area contributed by atoms with Gasteiger partial charge in [0.1, 0.15) is 18.1 Å². The summed E-state index contributed by atoms with van der Waals surface area (Å²) in [4.78, 5) is 34.2. The maximum Gasteiger partial charge on any atom is 0.490 e. The van der Waals surface area contributed by atoms with E-state index < -0.39 is 30.1 Å². The quantitative estimate of drug-likeness (QED) is 0.619. The molecule has 1 fully saturated rings. The van der Waals surface area contributed by atoms with Crippen molar-refractivity contribution in [1.29, 1.82) is 0 Å². The molecule has 3 N–H and O–H groups in total. The maximum atomic E-state index is 13.0. The molecule has 0 aliphatic carbocycles. The van der Waals surface area contributed by atoms with E-state index in [1.165, 1.54) is 24.8 Å². The number of aliphatic carboxylic acids is 1. The smallest absolute Gasteiger partial charge is 0.475 e. The van der Waals surface area contributed by atoms with Crippen LogP contribution in [0.1, 0.15) is 34.5 Å². The highest BCUT2D eigenvalue weighted by Crippen LogP contribution is 2.30.